The van der Waals surface area contributed by atoms with E-state index in [1.807, 2.05) is 0 Å². The minimum absolute atomic E-state index is 0.00396. The molecule has 0 aliphatic carbocycles. The molecule has 1 amide bonds. The van der Waals surface area contributed by atoms with E-state index in [0.29, 0.717) is 5.76 Å². The molecular weight excluding hydrogens is 320 g/mol. The first-order chi connectivity index (χ1) is 11.3. The summed E-state index contributed by atoms with van der Waals surface area (Å²) < 4.78 is 31.0. The second-order valence-electron chi connectivity index (χ2n) is 5.58. The lowest BCUT2D eigenvalue weighted by molar-refractivity contribution is -0.122. The molecule has 0 spiro atoms. The summed E-state index contributed by atoms with van der Waals surface area (Å²) in [6.45, 7) is 1.40. The van der Waals surface area contributed by atoms with Crippen LogP contribution in [-0.2, 0) is 10.4 Å². The van der Waals surface area contributed by atoms with Crippen LogP contribution in [0.4, 0.5) is 8.78 Å². The number of hydrogen-bond donors (Lipinski definition) is 2. The number of nitrogens with one attached hydrogen (secondary N) is 1. The van der Waals surface area contributed by atoms with E-state index >= 15 is 0 Å². The normalized spacial score (nSPS) is 13.3. The van der Waals surface area contributed by atoms with Crippen molar-refractivity contribution in [2.75, 3.05) is 6.54 Å². The quantitative estimate of drug-likeness (QED) is 0.761. The molecule has 0 bridgehead atoms. The number of ketones is 1. The average molecular weight is 337 g/mol. The zero-order chi connectivity index (χ0) is 17.7. The number of halogens is 2. The van der Waals surface area contributed by atoms with E-state index in [-0.39, 0.29) is 24.9 Å². The molecule has 1 unspecified atom stereocenters. The average Bonchev–Trinajstić information content (AvgIpc) is 3.08. The lowest BCUT2D eigenvalue weighted by Gasteiger charge is -2.21. The van der Waals surface area contributed by atoms with Crippen molar-refractivity contribution < 1.29 is 27.9 Å². The fourth-order valence-corrected chi connectivity index (χ4v) is 2.07. The second-order valence-corrected chi connectivity index (χ2v) is 5.58. The number of Topliss-reactive ketones (excluding diaryl/α,β-unsaturated/α-hetero) is 1. The van der Waals surface area contributed by atoms with Gasteiger partial charge in [0.15, 0.2) is 17.4 Å². The molecule has 0 fully saturated rings. The number of aliphatic hydroxyl groups is 1. The second kappa shape index (κ2) is 7.35. The summed E-state index contributed by atoms with van der Waals surface area (Å²) in [5.41, 5.74) is -1.37. The Labute approximate surface area is 137 Å². The molecule has 2 N–H and O–H groups in total. The van der Waals surface area contributed by atoms with Gasteiger partial charge >= 0.3 is 0 Å². The summed E-state index contributed by atoms with van der Waals surface area (Å²) in [5.74, 6) is -2.76. The molecule has 0 aliphatic heterocycles. The summed E-state index contributed by atoms with van der Waals surface area (Å²) >= 11 is 0. The minimum atomic E-state index is -1.37. The number of carbonyl (C=O) groups excluding carboxylic acids is 2. The van der Waals surface area contributed by atoms with Crippen LogP contribution in [0.1, 0.15) is 35.9 Å². The van der Waals surface area contributed by atoms with Crippen LogP contribution in [0, 0.1) is 11.6 Å². The number of rotatable bonds is 7. The molecule has 1 heterocycles. The van der Waals surface area contributed by atoms with E-state index in [4.69, 9.17) is 4.42 Å². The molecule has 0 aliphatic rings. The van der Waals surface area contributed by atoms with Gasteiger partial charge in [0.25, 0.3) is 0 Å². The van der Waals surface area contributed by atoms with Crippen molar-refractivity contribution in [2.45, 2.75) is 25.4 Å². The maximum Gasteiger partial charge on any atom is 0.220 e. The first kappa shape index (κ1) is 17.8. The summed E-state index contributed by atoms with van der Waals surface area (Å²) in [7, 11) is 0. The Morgan fingerprint density at radius 3 is 2.58 bits per heavy atom. The van der Waals surface area contributed by atoms with E-state index in [0.717, 1.165) is 12.1 Å². The molecule has 0 saturated heterocycles. The van der Waals surface area contributed by atoms with Gasteiger partial charge in [-0.3, -0.25) is 9.59 Å². The number of carbonyl (C=O) groups is 2. The Bertz CT molecular complexity index is 726. The van der Waals surface area contributed by atoms with E-state index in [2.05, 4.69) is 5.32 Å². The fraction of sp³-hybridized carbons (Fsp3) is 0.294. The third-order valence-electron chi connectivity index (χ3n) is 3.50. The molecule has 5 nitrogen and oxygen atoms in total. The molecule has 128 valence electrons. The first-order valence-electron chi connectivity index (χ1n) is 7.31. The fourth-order valence-electron chi connectivity index (χ4n) is 2.07. The van der Waals surface area contributed by atoms with Gasteiger partial charge in [0.05, 0.1) is 12.8 Å². The summed E-state index contributed by atoms with van der Waals surface area (Å²) in [6, 6.07) is 6.03. The Morgan fingerprint density at radius 2 is 1.96 bits per heavy atom. The molecule has 1 aromatic carbocycles. The van der Waals surface area contributed by atoms with Crippen LogP contribution in [0.2, 0.25) is 0 Å². The van der Waals surface area contributed by atoms with E-state index in [1.54, 1.807) is 12.1 Å². The van der Waals surface area contributed by atoms with Gasteiger partial charge in [-0.1, -0.05) is 0 Å². The minimum Gasteiger partial charge on any atom is -0.466 e. The molecule has 2 rings (SSSR count). The van der Waals surface area contributed by atoms with E-state index in [9.17, 15) is 23.5 Å². The van der Waals surface area contributed by atoms with Crippen molar-refractivity contribution in [1.29, 1.82) is 0 Å². The number of furan rings is 1. The van der Waals surface area contributed by atoms with Crippen molar-refractivity contribution in [3.8, 4) is 0 Å². The van der Waals surface area contributed by atoms with Gasteiger partial charge in [-0.15, -0.1) is 0 Å². The van der Waals surface area contributed by atoms with Crippen LogP contribution in [0.25, 0.3) is 0 Å². The standard InChI is InChI=1S/C17H17F2NO4/c1-17(23,15-3-2-8-24-15)10-20-16(22)7-6-14(21)11-4-5-12(18)13(19)9-11/h2-5,8-9,23H,6-7,10H2,1H3,(H,20,22). The highest BCUT2D eigenvalue weighted by Crippen LogP contribution is 2.19. The van der Waals surface area contributed by atoms with Crippen LogP contribution in [0.3, 0.4) is 0 Å². The third kappa shape index (κ3) is 4.48. The number of benzene rings is 1. The van der Waals surface area contributed by atoms with Gasteiger partial charge in [-0.25, -0.2) is 8.78 Å². The highest BCUT2D eigenvalue weighted by Gasteiger charge is 2.26. The monoisotopic (exact) mass is 337 g/mol. The number of amides is 1. The maximum absolute atomic E-state index is 13.1. The predicted molar refractivity (Wildman–Crippen MR) is 81.2 cm³/mol. The smallest absolute Gasteiger partial charge is 0.220 e. The molecule has 2 aromatic rings. The van der Waals surface area contributed by atoms with E-state index in [1.165, 1.54) is 19.3 Å². The van der Waals surface area contributed by atoms with Gasteiger partial charge in [-0.2, -0.15) is 0 Å². The Kier molecular flexibility index (Phi) is 5.46. The van der Waals surface area contributed by atoms with E-state index < -0.39 is 28.9 Å². The summed E-state index contributed by atoms with van der Waals surface area (Å²) in [5, 5.41) is 12.7. The lowest BCUT2D eigenvalue weighted by Crippen LogP contribution is -2.38. The van der Waals surface area contributed by atoms with Gasteiger partial charge in [0.2, 0.25) is 5.91 Å². The van der Waals surface area contributed by atoms with Crippen molar-refractivity contribution >= 4 is 11.7 Å². The first-order valence-corrected chi connectivity index (χ1v) is 7.31. The molecule has 0 radical (unpaired) electrons. The molecule has 1 aromatic heterocycles. The highest BCUT2D eigenvalue weighted by molar-refractivity contribution is 5.97. The van der Waals surface area contributed by atoms with Crippen LogP contribution >= 0.6 is 0 Å². The zero-order valence-electron chi connectivity index (χ0n) is 13.0. The van der Waals surface area contributed by atoms with Gasteiger partial charge in [0.1, 0.15) is 11.4 Å². The Morgan fingerprint density at radius 1 is 1.21 bits per heavy atom. The topological polar surface area (TPSA) is 79.5 Å². The lowest BCUT2D eigenvalue weighted by atomic mass is 10.0. The van der Waals surface area contributed by atoms with Gasteiger partial charge in [0, 0.05) is 18.4 Å². The SMILES string of the molecule is CC(O)(CNC(=O)CCC(=O)c1ccc(F)c(F)c1)c1ccco1. The highest BCUT2D eigenvalue weighted by atomic mass is 19.2. The van der Waals surface area contributed by atoms with Gasteiger partial charge in [-0.05, 0) is 37.3 Å². The molecule has 0 saturated carbocycles. The molecule has 7 heteroatoms. The van der Waals surface area contributed by atoms with Crippen LogP contribution in [0.15, 0.2) is 41.0 Å². The van der Waals surface area contributed by atoms with Crippen LogP contribution < -0.4 is 5.32 Å². The van der Waals surface area contributed by atoms with Gasteiger partial charge < -0.3 is 14.8 Å². The molecule has 24 heavy (non-hydrogen) atoms. The van der Waals surface area contributed by atoms with Crippen LogP contribution in [-0.4, -0.2) is 23.3 Å². The summed E-state index contributed by atoms with van der Waals surface area (Å²) in [4.78, 5) is 23.6. The number of hydrogen-bond acceptors (Lipinski definition) is 4. The van der Waals surface area contributed by atoms with Crippen LogP contribution in [0.5, 0.6) is 0 Å². The molecular formula is C17H17F2NO4. The summed E-state index contributed by atoms with van der Waals surface area (Å²) in [6.07, 6.45) is 1.12. The molecule has 1 atom stereocenters. The largest absolute Gasteiger partial charge is 0.466 e. The zero-order valence-corrected chi connectivity index (χ0v) is 13.0. The Balaban J connectivity index is 1.82. The van der Waals surface area contributed by atoms with Crippen molar-refractivity contribution in [3.05, 3.63) is 59.6 Å². The third-order valence-corrected chi connectivity index (χ3v) is 3.50. The maximum atomic E-state index is 13.1. The van der Waals surface area contributed by atoms with Crippen molar-refractivity contribution in [3.63, 3.8) is 0 Å². The van der Waals surface area contributed by atoms with Crippen molar-refractivity contribution in [1.82, 2.24) is 5.32 Å². The predicted octanol–water partition coefficient (Wildman–Crippen LogP) is 2.54. The van der Waals surface area contributed by atoms with Crippen molar-refractivity contribution in [2.24, 2.45) is 0 Å². The Hall–Kier alpha value is -2.54.